The first kappa shape index (κ1) is 10.7. The number of nitrogens with one attached hydrogen (secondary N) is 1. The van der Waals surface area contributed by atoms with Crippen LogP contribution in [0.4, 0.5) is 0 Å². The Bertz CT molecular complexity index is 341. The van der Waals surface area contributed by atoms with Crippen LogP contribution < -0.4 is 5.32 Å². The monoisotopic (exact) mass is 203 g/mol. The summed E-state index contributed by atoms with van der Waals surface area (Å²) in [6, 6.07) is 7.47. The fourth-order valence-electron chi connectivity index (χ4n) is 2.31. The van der Waals surface area contributed by atoms with E-state index in [1.807, 2.05) is 0 Å². The van der Waals surface area contributed by atoms with Crippen molar-refractivity contribution < 1.29 is 0 Å². The standard InChI is InChI=1S/C14H21N/c1-10(2)9-15-14-7-6-12-5-4-11(3)8-13(12)14/h4-5,8,10,14-15H,6-7,9H2,1-3H3. The quantitative estimate of drug-likeness (QED) is 0.795. The van der Waals surface area contributed by atoms with Crippen molar-refractivity contribution in [3.8, 4) is 0 Å². The zero-order valence-electron chi connectivity index (χ0n) is 10.0. The zero-order valence-corrected chi connectivity index (χ0v) is 10.0. The molecular formula is C14H21N. The first-order chi connectivity index (χ1) is 7.16. The Balaban J connectivity index is 2.10. The third kappa shape index (κ3) is 2.40. The van der Waals surface area contributed by atoms with Crippen molar-refractivity contribution in [1.82, 2.24) is 5.32 Å². The molecule has 1 aromatic rings. The number of hydrogen-bond acceptors (Lipinski definition) is 1. The number of aryl methyl sites for hydroxylation is 2. The third-order valence-electron chi connectivity index (χ3n) is 3.15. The van der Waals surface area contributed by atoms with Gasteiger partial charge in [0.15, 0.2) is 0 Å². The number of rotatable bonds is 3. The Labute approximate surface area is 92.9 Å². The summed E-state index contributed by atoms with van der Waals surface area (Å²) in [7, 11) is 0. The summed E-state index contributed by atoms with van der Waals surface area (Å²) in [5.74, 6) is 0.735. The minimum atomic E-state index is 0.599. The SMILES string of the molecule is Cc1ccc2c(c1)C(NCC(C)C)CC2. The highest BCUT2D eigenvalue weighted by Gasteiger charge is 2.21. The second kappa shape index (κ2) is 4.36. The molecule has 0 saturated heterocycles. The van der Waals surface area contributed by atoms with E-state index in [0.717, 1.165) is 12.5 Å². The molecule has 0 bridgehead atoms. The average molecular weight is 203 g/mol. The lowest BCUT2D eigenvalue weighted by Crippen LogP contribution is -2.23. The summed E-state index contributed by atoms with van der Waals surface area (Å²) in [6.45, 7) is 7.83. The van der Waals surface area contributed by atoms with Crippen LogP contribution in [0.25, 0.3) is 0 Å². The highest BCUT2D eigenvalue weighted by molar-refractivity contribution is 5.37. The van der Waals surface area contributed by atoms with E-state index in [2.05, 4.69) is 44.3 Å². The molecule has 1 aromatic carbocycles. The molecule has 1 N–H and O–H groups in total. The number of benzene rings is 1. The second-order valence-electron chi connectivity index (χ2n) is 5.10. The third-order valence-corrected chi connectivity index (χ3v) is 3.15. The Hall–Kier alpha value is -0.820. The van der Waals surface area contributed by atoms with Gasteiger partial charge in [0.2, 0.25) is 0 Å². The van der Waals surface area contributed by atoms with Gasteiger partial charge >= 0.3 is 0 Å². The van der Waals surface area contributed by atoms with Crippen LogP contribution in [-0.2, 0) is 6.42 Å². The summed E-state index contributed by atoms with van der Waals surface area (Å²) in [5, 5.41) is 3.66. The minimum Gasteiger partial charge on any atom is -0.310 e. The van der Waals surface area contributed by atoms with Crippen molar-refractivity contribution in [2.24, 2.45) is 5.92 Å². The molecule has 0 saturated carbocycles. The lowest BCUT2D eigenvalue weighted by Gasteiger charge is -2.16. The van der Waals surface area contributed by atoms with E-state index in [0.29, 0.717) is 6.04 Å². The van der Waals surface area contributed by atoms with E-state index < -0.39 is 0 Å². The fourth-order valence-corrected chi connectivity index (χ4v) is 2.31. The molecule has 2 rings (SSSR count). The van der Waals surface area contributed by atoms with Crippen LogP contribution in [0.15, 0.2) is 18.2 Å². The molecule has 1 nitrogen and oxygen atoms in total. The van der Waals surface area contributed by atoms with E-state index in [1.165, 1.54) is 24.0 Å². The smallest absolute Gasteiger partial charge is 0.0326 e. The van der Waals surface area contributed by atoms with E-state index in [9.17, 15) is 0 Å². The molecule has 0 radical (unpaired) electrons. The Morgan fingerprint density at radius 2 is 2.20 bits per heavy atom. The zero-order chi connectivity index (χ0) is 10.8. The Kier molecular flexibility index (Phi) is 3.11. The van der Waals surface area contributed by atoms with Crippen LogP contribution in [0, 0.1) is 12.8 Å². The Morgan fingerprint density at radius 1 is 1.40 bits per heavy atom. The summed E-state index contributed by atoms with van der Waals surface area (Å²) in [4.78, 5) is 0. The molecule has 82 valence electrons. The van der Waals surface area contributed by atoms with Crippen LogP contribution >= 0.6 is 0 Å². The Morgan fingerprint density at radius 3 is 2.93 bits per heavy atom. The molecule has 0 aromatic heterocycles. The normalized spacial score (nSPS) is 19.6. The molecule has 1 atom stereocenters. The molecule has 0 amide bonds. The van der Waals surface area contributed by atoms with Gasteiger partial charge in [-0.2, -0.15) is 0 Å². The molecule has 1 unspecified atom stereocenters. The summed E-state index contributed by atoms with van der Waals surface area (Å²) in [5.41, 5.74) is 4.46. The predicted octanol–water partition coefficient (Wildman–Crippen LogP) is 3.23. The highest BCUT2D eigenvalue weighted by atomic mass is 14.9. The maximum atomic E-state index is 3.66. The van der Waals surface area contributed by atoms with Gasteiger partial charge in [-0.25, -0.2) is 0 Å². The van der Waals surface area contributed by atoms with Gasteiger partial charge < -0.3 is 5.32 Å². The van der Waals surface area contributed by atoms with Gasteiger partial charge in [-0.1, -0.05) is 37.6 Å². The largest absolute Gasteiger partial charge is 0.310 e. The van der Waals surface area contributed by atoms with E-state index in [1.54, 1.807) is 5.56 Å². The van der Waals surface area contributed by atoms with Gasteiger partial charge in [0.05, 0.1) is 0 Å². The van der Waals surface area contributed by atoms with Gasteiger partial charge in [-0.15, -0.1) is 0 Å². The molecule has 1 heteroatoms. The topological polar surface area (TPSA) is 12.0 Å². The lowest BCUT2D eigenvalue weighted by atomic mass is 10.0. The maximum Gasteiger partial charge on any atom is 0.0326 e. The fraction of sp³-hybridized carbons (Fsp3) is 0.571. The maximum absolute atomic E-state index is 3.66. The average Bonchev–Trinajstić information content (AvgIpc) is 2.57. The summed E-state index contributed by atoms with van der Waals surface area (Å²) < 4.78 is 0. The molecular weight excluding hydrogens is 182 g/mol. The first-order valence-corrected chi connectivity index (χ1v) is 5.99. The van der Waals surface area contributed by atoms with Gasteiger partial charge in [0, 0.05) is 6.04 Å². The van der Waals surface area contributed by atoms with Crippen LogP contribution in [0.2, 0.25) is 0 Å². The van der Waals surface area contributed by atoms with Gasteiger partial charge in [-0.3, -0.25) is 0 Å². The van der Waals surface area contributed by atoms with Gasteiger partial charge in [-0.05, 0) is 43.4 Å². The van der Waals surface area contributed by atoms with Gasteiger partial charge in [0.1, 0.15) is 0 Å². The van der Waals surface area contributed by atoms with Crippen molar-refractivity contribution in [1.29, 1.82) is 0 Å². The second-order valence-corrected chi connectivity index (χ2v) is 5.10. The van der Waals surface area contributed by atoms with E-state index in [4.69, 9.17) is 0 Å². The molecule has 15 heavy (non-hydrogen) atoms. The molecule has 1 aliphatic rings. The van der Waals surface area contributed by atoms with Crippen molar-refractivity contribution in [3.05, 3.63) is 34.9 Å². The van der Waals surface area contributed by atoms with Gasteiger partial charge in [0.25, 0.3) is 0 Å². The predicted molar refractivity (Wildman–Crippen MR) is 65.1 cm³/mol. The van der Waals surface area contributed by atoms with Crippen molar-refractivity contribution >= 4 is 0 Å². The summed E-state index contributed by atoms with van der Waals surface area (Å²) >= 11 is 0. The highest BCUT2D eigenvalue weighted by Crippen LogP contribution is 2.31. The van der Waals surface area contributed by atoms with Crippen molar-refractivity contribution in [2.75, 3.05) is 6.54 Å². The molecule has 0 heterocycles. The molecule has 0 spiro atoms. The summed E-state index contributed by atoms with van der Waals surface area (Å²) in [6.07, 6.45) is 2.51. The van der Waals surface area contributed by atoms with E-state index >= 15 is 0 Å². The minimum absolute atomic E-state index is 0.599. The van der Waals surface area contributed by atoms with Crippen LogP contribution in [0.1, 0.15) is 43.0 Å². The molecule has 1 aliphatic carbocycles. The van der Waals surface area contributed by atoms with Crippen molar-refractivity contribution in [3.63, 3.8) is 0 Å². The van der Waals surface area contributed by atoms with Crippen LogP contribution in [-0.4, -0.2) is 6.54 Å². The van der Waals surface area contributed by atoms with Crippen LogP contribution in [0.3, 0.4) is 0 Å². The lowest BCUT2D eigenvalue weighted by molar-refractivity contribution is 0.472. The number of hydrogen-bond donors (Lipinski definition) is 1. The van der Waals surface area contributed by atoms with Crippen LogP contribution in [0.5, 0.6) is 0 Å². The van der Waals surface area contributed by atoms with Crippen molar-refractivity contribution in [2.45, 2.75) is 39.7 Å². The number of fused-ring (bicyclic) bond motifs is 1. The van der Waals surface area contributed by atoms with E-state index in [-0.39, 0.29) is 0 Å². The molecule has 0 fully saturated rings. The molecule has 0 aliphatic heterocycles. The first-order valence-electron chi connectivity index (χ1n) is 5.99.